The van der Waals surface area contributed by atoms with Gasteiger partial charge in [-0.2, -0.15) is 11.8 Å². The van der Waals surface area contributed by atoms with E-state index < -0.39 is 10.0 Å². The quantitative estimate of drug-likeness (QED) is 0.882. The molecule has 106 valence electrons. The molecule has 1 fully saturated rings. The van der Waals surface area contributed by atoms with Gasteiger partial charge in [-0.15, -0.1) is 0 Å². The van der Waals surface area contributed by atoms with Gasteiger partial charge in [-0.3, -0.25) is 0 Å². The Hall–Kier alpha value is -0.790. The molecule has 1 aliphatic rings. The van der Waals surface area contributed by atoms with Gasteiger partial charge in [0, 0.05) is 17.5 Å². The SMILES string of the molecule is CSC1CCCCC1NS(=O)(=O)c1ccc(N)nc1. The van der Waals surface area contributed by atoms with Crippen LogP contribution in [0.4, 0.5) is 5.82 Å². The van der Waals surface area contributed by atoms with Crippen LogP contribution in [-0.4, -0.2) is 30.9 Å². The Morgan fingerprint density at radius 3 is 2.74 bits per heavy atom. The lowest BCUT2D eigenvalue weighted by Crippen LogP contribution is -2.43. The van der Waals surface area contributed by atoms with E-state index in [4.69, 9.17) is 5.73 Å². The number of nitrogens with one attached hydrogen (secondary N) is 1. The van der Waals surface area contributed by atoms with Gasteiger partial charge in [-0.05, 0) is 31.2 Å². The molecule has 0 spiro atoms. The van der Waals surface area contributed by atoms with Crippen molar-refractivity contribution in [1.29, 1.82) is 0 Å². The van der Waals surface area contributed by atoms with Gasteiger partial charge in [0.05, 0.1) is 0 Å². The summed E-state index contributed by atoms with van der Waals surface area (Å²) >= 11 is 1.73. The summed E-state index contributed by atoms with van der Waals surface area (Å²) in [4.78, 5) is 4.00. The summed E-state index contributed by atoms with van der Waals surface area (Å²) in [7, 11) is -3.50. The van der Waals surface area contributed by atoms with Crippen LogP contribution in [0.1, 0.15) is 25.7 Å². The highest BCUT2D eigenvalue weighted by Crippen LogP contribution is 2.28. The second kappa shape index (κ2) is 6.11. The van der Waals surface area contributed by atoms with Gasteiger partial charge < -0.3 is 5.73 Å². The van der Waals surface area contributed by atoms with Crippen molar-refractivity contribution in [3.8, 4) is 0 Å². The normalized spacial score (nSPS) is 24.3. The van der Waals surface area contributed by atoms with Crippen LogP contribution >= 0.6 is 11.8 Å². The Bertz CT molecular complexity index is 516. The minimum absolute atomic E-state index is 0.00584. The van der Waals surface area contributed by atoms with Gasteiger partial charge in [-0.1, -0.05) is 12.8 Å². The summed E-state index contributed by atoms with van der Waals surface area (Å²) in [6.45, 7) is 0. The molecule has 1 aliphatic carbocycles. The van der Waals surface area contributed by atoms with Crippen molar-refractivity contribution >= 4 is 27.6 Å². The summed E-state index contributed by atoms with van der Waals surface area (Å²) in [5.41, 5.74) is 5.47. The van der Waals surface area contributed by atoms with Gasteiger partial charge in [-0.25, -0.2) is 18.1 Å². The van der Waals surface area contributed by atoms with Crippen molar-refractivity contribution in [2.75, 3.05) is 12.0 Å². The van der Waals surface area contributed by atoms with Crippen molar-refractivity contribution in [3.63, 3.8) is 0 Å². The summed E-state index contributed by atoms with van der Waals surface area (Å²) in [6, 6.07) is 2.99. The molecule has 2 rings (SSSR count). The number of nitrogens with zero attached hydrogens (tertiary/aromatic N) is 1. The van der Waals surface area contributed by atoms with Gasteiger partial charge in [0.15, 0.2) is 0 Å². The zero-order chi connectivity index (χ0) is 13.9. The second-order valence-electron chi connectivity index (χ2n) is 4.71. The lowest BCUT2D eigenvalue weighted by atomic mass is 9.96. The highest BCUT2D eigenvalue weighted by Gasteiger charge is 2.29. The topological polar surface area (TPSA) is 85.1 Å². The van der Waals surface area contributed by atoms with Gasteiger partial charge in [0.1, 0.15) is 10.7 Å². The first-order valence-electron chi connectivity index (χ1n) is 6.29. The van der Waals surface area contributed by atoms with Crippen LogP contribution in [-0.2, 0) is 10.0 Å². The number of hydrogen-bond acceptors (Lipinski definition) is 5. The molecule has 0 saturated heterocycles. The van der Waals surface area contributed by atoms with E-state index in [1.54, 1.807) is 11.8 Å². The highest BCUT2D eigenvalue weighted by atomic mass is 32.2. The molecule has 0 bridgehead atoms. The van der Waals surface area contributed by atoms with E-state index in [9.17, 15) is 8.42 Å². The molecule has 1 aromatic rings. The number of nitrogen functional groups attached to an aromatic ring is 1. The molecule has 5 nitrogen and oxygen atoms in total. The third kappa shape index (κ3) is 3.61. The van der Waals surface area contributed by atoms with Crippen LogP contribution in [0.25, 0.3) is 0 Å². The predicted molar refractivity (Wildman–Crippen MR) is 78.5 cm³/mol. The maximum absolute atomic E-state index is 12.3. The molecule has 7 heteroatoms. The van der Waals surface area contributed by atoms with Crippen molar-refractivity contribution in [2.45, 2.75) is 41.9 Å². The number of hydrogen-bond donors (Lipinski definition) is 2. The molecule has 0 aliphatic heterocycles. The summed E-state index contributed by atoms with van der Waals surface area (Å²) in [5.74, 6) is 0.318. The molecule has 19 heavy (non-hydrogen) atoms. The molecule has 1 heterocycles. The van der Waals surface area contributed by atoms with Crippen LogP contribution in [0.5, 0.6) is 0 Å². The van der Waals surface area contributed by atoms with Crippen LogP contribution in [0, 0.1) is 0 Å². The molecule has 3 N–H and O–H groups in total. The lowest BCUT2D eigenvalue weighted by molar-refractivity contribution is 0.423. The Labute approximate surface area is 118 Å². The van der Waals surface area contributed by atoms with E-state index in [2.05, 4.69) is 9.71 Å². The lowest BCUT2D eigenvalue weighted by Gasteiger charge is -2.30. The van der Waals surface area contributed by atoms with E-state index in [0.717, 1.165) is 19.3 Å². The molecule has 0 aromatic carbocycles. The molecule has 2 unspecified atom stereocenters. The average molecular weight is 301 g/mol. The molecular weight excluding hydrogens is 282 g/mol. The van der Waals surface area contributed by atoms with Crippen LogP contribution in [0.3, 0.4) is 0 Å². The van der Waals surface area contributed by atoms with Crippen LogP contribution in [0.2, 0.25) is 0 Å². The number of pyridine rings is 1. The molecule has 2 atom stereocenters. The number of thioether (sulfide) groups is 1. The molecule has 0 radical (unpaired) electrons. The van der Waals surface area contributed by atoms with Crippen LogP contribution < -0.4 is 10.5 Å². The monoisotopic (exact) mass is 301 g/mol. The minimum atomic E-state index is -3.50. The number of nitrogens with two attached hydrogens (primary N) is 1. The Balaban J connectivity index is 2.14. The first kappa shape index (κ1) is 14.6. The fourth-order valence-corrected chi connectivity index (χ4v) is 4.61. The van der Waals surface area contributed by atoms with Crippen LogP contribution in [0.15, 0.2) is 23.2 Å². The fourth-order valence-electron chi connectivity index (χ4n) is 2.33. The maximum Gasteiger partial charge on any atom is 0.242 e. The minimum Gasteiger partial charge on any atom is -0.384 e. The molecular formula is C12H19N3O2S2. The van der Waals surface area contributed by atoms with Crippen molar-refractivity contribution in [1.82, 2.24) is 9.71 Å². The largest absolute Gasteiger partial charge is 0.384 e. The fraction of sp³-hybridized carbons (Fsp3) is 0.583. The van der Waals surface area contributed by atoms with E-state index in [-0.39, 0.29) is 10.9 Å². The standard InChI is InChI=1S/C12H19N3O2S2/c1-18-11-5-3-2-4-10(11)15-19(16,17)9-6-7-12(13)14-8-9/h6-8,10-11,15H,2-5H2,1H3,(H2,13,14). The van der Waals surface area contributed by atoms with Gasteiger partial charge >= 0.3 is 0 Å². The summed E-state index contributed by atoms with van der Waals surface area (Å²) in [6.07, 6.45) is 7.54. The number of rotatable bonds is 4. The zero-order valence-electron chi connectivity index (χ0n) is 10.9. The van der Waals surface area contributed by atoms with Crippen molar-refractivity contribution < 1.29 is 8.42 Å². The Kier molecular flexibility index (Phi) is 4.70. The van der Waals surface area contributed by atoms with Gasteiger partial charge in [0.2, 0.25) is 10.0 Å². The molecule has 1 saturated carbocycles. The highest BCUT2D eigenvalue weighted by molar-refractivity contribution is 7.99. The predicted octanol–water partition coefficient (Wildman–Crippen LogP) is 1.62. The zero-order valence-corrected chi connectivity index (χ0v) is 12.5. The molecule has 1 aromatic heterocycles. The number of aromatic nitrogens is 1. The Morgan fingerprint density at radius 2 is 2.11 bits per heavy atom. The van der Waals surface area contributed by atoms with E-state index in [1.807, 2.05) is 6.26 Å². The first-order chi connectivity index (χ1) is 9.03. The maximum atomic E-state index is 12.3. The van der Waals surface area contributed by atoms with E-state index >= 15 is 0 Å². The number of sulfonamides is 1. The van der Waals surface area contributed by atoms with Crippen molar-refractivity contribution in [2.24, 2.45) is 0 Å². The smallest absolute Gasteiger partial charge is 0.242 e. The number of anilines is 1. The van der Waals surface area contributed by atoms with E-state index in [0.29, 0.717) is 11.1 Å². The second-order valence-corrected chi connectivity index (χ2v) is 7.50. The van der Waals surface area contributed by atoms with Gasteiger partial charge in [0.25, 0.3) is 0 Å². The first-order valence-corrected chi connectivity index (χ1v) is 9.06. The van der Waals surface area contributed by atoms with E-state index in [1.165, 1.54) is 24.8 Å². The molecule has 0 amide bonds. The summed E-state index contributed by atoms with van der Waals surface area (Å²) in [5, 5.41) is 0.352. The van der Waals surface area contributed by atoms with Crippen molar-refractivity contribution in [3.05, 3.63) is 18.3 Å². The Morgan fingerprint density at radius 1 is 1.37 bits per heavy atom. The average Bonchev–Trinajstić information content (AvgIpc) is 2.39. The third-order valence-electron chi connectivity index (χ3n) is 3.38. The third-order valence-corrected chi connectivity index (χ3v) is 6.03. The summed E-state index contributed by atoms with van der Waals surface area (Å²) < 4.78 is 27.3.